The molecule has 8 nitrogen and oxygen atoms in total. The van der Waals surface area contributed by atoms with Crippen LogP contribution in [0.15, 0.2) is 36.4 Å². The molecular formula is C18H10Br8N4O4. The summed E-state index contributed by atoms with van der Waals surface area (Å²) < 4.78 is 4.07. The van der Waals surface area contributed by atoms with Crippen LogP contribution < -0.4 is 0 Å². The molecule has 0 unspecified atom stereocenters. The molecule has 0 saturated heterocycles. The molecule has 0 saturated carbocycles. The van der Waals surface area contributed by atoms with E-state index in [1.807, 2.05) is 0 Å². The van der Waals surface area contributed by atoms with Gasteiger partial charge in [0.2, 0.25) is 0 Å². The second-order valence-electron chi connectivity index (χ2n) is 6.33. The summed E-state index contributed by atoms with van der Waals surface area (Å²) >= 11 is 24.3. The van der Waals surface area contributed by atoms with Crippen LogP contribution in [0.5, 0.6) is 0 Å². The highest BCUT2D eigenvalue weighted by molar-refractivity contribution is 9.22. The Labute approximate surface area is 263 Å². The first-order valence-electron chi connectivity index (χ1n) is 8.76. The van der Waals surface area contributed by atoms with Gasteiger partial charge in [-0.05, 0) is 36.1 Å². The first kappa shape index (κ1) is 30.4. The Morgan fingerprint density at radius 1 is 0.500 bits per heavy atom. The van der Waals surface area contributed by atoms with Gasteiger partial charge in [-0.3, -0.25) is 19.2 Å². The number of benzene rings is 2. The smallest absolute Gasteiger partial charge is 0.267 e. The lowest BCUT2D eigenvalue weighted by molar-refractivity contribution is 0.0905. The van der Waals surface area contributed by atoms with Gasteiger partial charge in [0.05, 0.1) is 151 Å². The van der Waals surface area contributed by atoms with Crippen LogP contribution in [0.4, 0.5) is 0 Å². The van der Waals surface area contributed by atoms with Crippen LogP contribution in [0.2, 0.25) is 0 Å². The highest BCUT2D eigenvalue weighted by atomic mass is 79.9. The van der Waals surface area contributed by atoms with E-state index in [1.54, 1.807) is 24.3 Å². The Hall–Kier alpha value is 0.160. The van der Waals surface area contributed by atoms with E-state index >= 15 is 0 Å². The molecular weight excluding hydrogens is 975 g/mol. The van der Waals surface area contributed by atoms with E-state index in [0.717, 1.165) is 11.8 Å². The van der Waals surface area contributed by atoms with Crippen LogP contribution >= 0.6 is 129 Å². The van der Waals surface area contributed by atoms with Crippen molar-refractivity contribution >= 4 is 153 Å². The van der Waals surface area contributed by atoms with Gasteiger partial charge in [-0.1, -0.05) is 24.3 Å². The zero-order valence-corrected chi connectivity index (χ0v) is 29.0. The fourth-order valence-electron chi connectivity index (χ4n) is 3.10. The Balaban J connectivity index is 2.59. The zero-order valence-electron chi connectivity index (χ0n) is 16.3. The van der Waals surface area contributed by atoms with Gasteiger partial charge < -0.3 is 0 Å². The number of hydrogen-bond acceptors (Lipinski definition) is 4. The summed E-state index contributed by atoms with van der Waals surface area (Å²) in [6.45, 7) is 0. The SMILES string of the molecule is O=C(c1cccc(CCc2cccc(C(=O)N(Br)Br)c2C(=O)N(Br)Br)c1C(=O)N(Br)Br)N(Br)Br. The normalized spacial score (nSPS) is 10.5. The third kappa shape index (κ3) is 7.35. The van der Waals surface area contributed by atoms with E-state index in [4.69, 9.17) is 0 Å². The molecule has 0 aliphatic carbocycles. The first-order chi connectivity index (χ1) is 15.9. The second-order valence-corrected chi connectivity index (χ2v) is 15.8. The summed E-state index contributed by atoms with van der Waals surface area (Å²) in [6.07, 6.45) is 0.574. The zero-order chi connectivity index (χ0) is 25.7. The van der Waals surface area contributed by atoms with Crippen molar-refractivity contribution in [3.63, 3.8) is 0 Å². The fourth-order valence-corrected chi connectivity index (χ4v) is 4.57. The van der Waals surface area contributed by atoms with E-state index in [9.17, 15) is 19.2 Å². The van der Waals surface area contributed by atoms with Gasteiger partial charge in [-0.2, -0.15) is 0 Å². The molecule has 0 aromatic heterocycles. The Kier molecular flexibility index (Phi) is 12.2. The summed E-state index contributed by atoms with van der Waals surface area (Å²) in [7, 11) is 0. The van der Waals surface area contributed by atoms with Crippen molar-refractivity contribution < 1.29 is 19.2 Å². The number of carbonyl (C=O) groups is 4. The number of carbonyl (C=O) groups excluding carboxylic acids is 4. The van der Waals surface area contributed by atoms with Crippen LogP contribution in [-0.4, -0.2) is 35.4 Å². The molecule has 0 heterocycles. The quantitative estimate of drug-likeness (QED) is 0.267. The molecule has 0 N–H and O–H groups in total. The lowest BCUT2D eigenvalue weighted by Crippen LogP contribution is -2.22. The fraction of sp³-hybridized carbons (Fsp3) is 0.111. The molecule has 0 aliphatic rings. The molecule has 0 spiro atoms. The van der Waals surface area contributed by atoms with Gasteiger partial charge in [-0.15, -0.1) is 0 Å². The molecule has 0 fully saturated rings. The number of rotatable bonds is 7. The summed E-state index contributed by atoms with van der Waals surface area (Å²) in [5, 5.41) is 0. The van der Waals surface area contributed by atoms with E-state index in [1.165, 1.54) is 12.1 Å². The van der Waals surface area contributed by atoms with E-state index in [2.05, 4.69) is 129 Å². The molecule has 0 atom stereocenters. The molecule has 2 aromatic carbocycles. The molecule has 0 bridgehead atoms. The number of nitrogens with zero attached hydrogens (tertiary/aromatic N) is 4. The number of aryl methyl sites for hydroxylation is 2. The van der Waals surface area contributed by atoms with Gasteiger partial charge in [0.25, 0.3) is 23.6 Å². The van der Waals surface area contributed by atoms with E-state index in [0.29, 0.717) is 11.1 Å². The molecule has 16 heteroatoms. The average molecular weight is 986 g/mol. The standard InChI is InChI=1S/C18H10Br8N4O4/c19-27(20)15(31)11-5-1-3-9(13(11)17(33)29(23)24)7-8-10-4-2-6-12(16(32)28(21)22)14(10)18(34)30(25)26/h1-6H,7-8H2. The molecule has 0 aliphatic heterocycles. The van der Waals surface area contributed by atoms with Gasteiger partial charge >= 0.3 is 0 Å². The van der Waals surface area contributed by atoms with Crippen molar-refractivity contribution in [1.82, 2.24) is 11.8 Å². The highest BCUT2D eigenvalue weighted by Crippen LogP contribution is 2.28. The summed E-state index contributed by atoms with van der Waals surface area (Å²) in [5.74, 6) is -1.97. The van der Waals surface area contributed by atoms with Crippen LogP contribution in [0.1, 0.15) is 52.6 Å². The summed E-state index contributed by atoms with van der Waals surface area (Å²) in [5.41, 5.74) is 1.77. The third-order valence-corrected chi connectivity index (χ3v) is 7.04. The van der Waals surface area contributed by atoms with E-state index in [-0.39, 0.29) is 35.1 Å². The minimum Gasteiger partial charge on any atom is -0.267 e. The number of amides is 4. The van der Waals surface area contributed by atoms with Crippen molar-refractivity contribution in [1.29, 1.82) is 0 Å². The minimum absolute atomic E-state index is 0.154. The molecule has 2 rings (SSSR count). The second kappa shape index (κ2) is 13.6. The van der Waals surface area contributed by atoms with Crippen molar-refractivity contribution in [2.45, 2.75) is 12.8 Å². The lowest BCUT2D eigenvalue weighted by atomic mass is 9.92. The van der Waals surface area contributed by atoms with Gasteiger partial charge in [0.1, 0.15) is 0 Å². The molecule has 2 aromatic rings. The maximum atomic E-state index is 12.9. The maximum absolute atomic E-state index is 12.9. The Morgan fingerprint density at radius 3 is 1.06 bits per heavy atom. The van der Waals surface area contributed by atoms with Crippen molar-refractivity contribution in [2.24, 2.45) is 0 Å². The Bertz CT molecular complexity index is 1040. The molecule has 4 amide bonds. The van der Waals surface area contributed by atoms with Crippen molar-refractivity contribution in [3.05, 3.63) is 69.8 Å². The maximum Gasteiger partial charge on any atom is 0.275 e. The molecule has 0 radical (unpaired) electrons. The third-order valence-electron chi connectivity index (χ3n) is 4.47. The van der Waals surface area contributed by atoms with Crippen molar-refractivity contribution in [3.8, 4) is 0 Å². The van der Waals surface area contributed by atoms with Crippen LogP contribution in [-0.2, 0) is 12.8 Å². The van der Waals surface area contributed by atoms with E-state index < -0.39 is 23.6 Å². The van der Waals surface area contributed by atoms with Crippen LogP contribution in [0.3, 0.4) is 0 Å². The lowest BCUT2D eigenvalue weighted by Gasteiger charge is -2.18. The monoisotopic (exact) mass is 977 g/mol. The molecule has 182 valence electrons. The van der Waals surface area contributed by atoms with Crippen molar-refractivity contribution in [2.75, 3.05) is 0 Å². The van der Waals surface area contributed by atoms with Gasteiger partial charge in [0, 0.05) is 0 Å². The summed E-state index contributed by atoms with van der Waals surface area (Å²) in [4.78, 5) is 51.1. The predicted molar refractivity (Wildman–Crippen MR) is 156 cm³/mol. The first-order valence-corrected chi connectivity index (χ1v) is 14.4. The number of halogens is 8. The highest BCUT2D eigenvalue weighted by Gasteiger charge is 2.28. The van der Waals surface area contributed by atoms with Crippen LogP contribution in [0.25, 0.3) is 0 Å². The topological polar surface area (TPSA) is 81.2 Å². The summed E-state index contributed by atoms with van der Waals surface area (Å²) in [6, 6.07) is 9.82. The predicted octanol–water partition coefficient (Wildman–Crippen LogP) is 7.72. The number of hydrogen-bond donors (Lipinski definition) is 0. The van der Waals surface area contributed by atoms with Gasteiger partial charge in [-0.25, -0.2) is 11.8 Å². The Morgan fingerprint density at radius 2 is 0.794 bits per heavy atom. The minimum atomic E-state index is -0.498. The average Bonchev–Trinajstić information content (AvgIpc) is 2.79. The largest absolute Gasteiger partial charge is 0.275 e. The van der Waals surface area contributed by atoms with Gasteiger partial charge in [0.15, 0.2) is 0 Å². The molecule has 34 heavy (non-hydrogen) atoms. The van der Waals surface area contributed by atoms with Crippen LogP contribution in [0, 0.1) is 0 Å².